The highest BCUT2D eigenvalue weighted by Crippen LogP contribution is 2.36. The van der Waals surface area contributed by atoms with Crippen molar-refractivity contribution in [1.82, 2.24) is 20.1 Å². The smallest absolute Gasteiger partial charge is 0.410 e. The van der Waals surface area contributed by atoms with Gasteiger partial charge in [-0.1, -0.05) is 31.4 Å². The van der Waals surface area contributed by atoms with E-state index in [9.17, 15) is 19.2 Å². The number of nitrogens with zero attached hydrogens (tertiary/aromatic N) is 3. The summed E-state index contributed by atoms with van der Waals surface area (Å²) in [4.78, 5) is 61.9. The van der Waals surface area contributed by atoms with E-state index < -0.39 is 29.7 Å². The molecule has 14 heteroatoms. The van der Waals surface area contributed by atoms with Gasteiger partial charge in [-0.3, -0.25) is 19.3 Å². The number of likely N-dealkylation sites (tertiary alicyclic amines) is 1. The van der Waals surface area contributed by atoms with Gasteiger partial charge in [0.25, 0.3) is 0 Å². The number of carbonyl (C=O) groups excluding carboxylic acids is 4. The number of carbonyl (C=O) groups is 4. The van der Waals surface area contributed by atoms with Crippen LogP contribution in [0.2, 0.25) is 0 Å². The minimum atomic E-state index is -0.843. The molecular formula is C37H55N5O8S. The molecular weight excluding hydrogens is 675 g/mol. The summed E-state index contributed by atoms with van der Waals surface area (Å²) in [5, 5.41) is 5.46. The van der Waals surface area contributed by atoms with E-state index in [-0.39, 0.29) is 23.7 Å². The van der Waals surface area contributed by atoms with Crippen molar-refractivity contribution in [3.05, 3.63) is 45.9 Å². The monoisotopic (exact) mass is 729 g/mol. The van der Waals surface area contributed by atoms with Crippen LogP contribution in [0.3, 0.4) is 0 Å². The van der Waals surface area contributed by atoms with E-state index in [1.54, 1.807) is 57.3 Å². The molecule has 0 radical (unpaired) electrons. The summed E-state index contributed by atoms with van der Waals surface area (Å²) in [5.41, 5.74) is 5.45. The summed E-state index contributed by atoms with van der Waals surface area (Å²) >= 11 is 1.36. The van der Waals surface area contributed by atoms with Gasteiger partial charge in [-0.15, -0.1) is 11.3 Å². The van der Waals surface area contributed by atoms with E-state index >= 15 is 0 Å². The number of ketones is 1. The second-order valence-corrected chi connectivity index (χ2v) is 15.0. The topological polar surface area (TPSA) is 163 Å². The molecule has 2 aromatic rings. The summed E-state index contributed by atoms with van der Waals surface area (Å²) < 4.78 is 22.0. The third-order valence-electron chi connectivity index (χ3n) is 9.13. The number of aromatic nitrogens is 1. The molecule has 2 aliphatic rings. The summed E-state index contributed by atoms with van der Waals surface area (Å²) in [6.07, 6.45) is 5.63. The summed E-state index contributed by atoms with van der Waals surface area (Å²) in [5.74, 6) is -0.251. The average Bonchev–Trinajstić information content (AvgIpc) is 3.81. The largest absolute Gasteiger partial charge is 0.491 e. The first-order valence-electron chi connectivity index (χ1n) is 18.0. The van der Waals surface area contributed by atoms with Gasteiger partial charge < -0.3 is 34.9 Å². The van der Waals surface area contributed by atoms with Crippen molar-refractivity contribution in [3.8, 4) is 5.75 Å². The maximum atomic E-state index is 14.3. The number of nitrogens with two attached hydrogens (primary N) is 1. The summed E-state index contributed by atoms with van der Waals surface area (Å²) in [7, 11) is 1.52. The van der Waals surface area contributed by atoms with E-state index in [2.05, 4.69) is 5.32 Å². The second-order valence-electron chi connectivity index (χ2n) is 14.1. The molecule has 1 aromatic carbocycles. The Morgan fingerprint density at radius 2 is 1.73 bits per heavy atom. The van der Waals surface area contributed by atoms with Gasteiger partial charge in [0.15, 0.2) is 0 Å². The van der Waals surface area contributed by atoms with E-state index in [0.717, 1.165) is 38.5 Å². The Bertz CT molecular complexity index is 1460. The van der Waals surface area contributed by atoms with Crippen molar-refractivity contribution in [2.75, 3.05) is 53.2 Å². The molecule has 1 aliphatic heterocycles. The van der Waals surface area contributed by atoms with Crippen LogP contribution in [-0.2, 0) is 23.8 Å². The lowest BCUT2D eigenvalue weighted by atomic mass is 9.83. The molecule has 2 heterocycles. The molecule has 3 atom stereocenters. The first-order valence-corrected chi connectivity index (χ1v) is 18.9. The number of amides is 3. The molecule has 2 fully saturated rings. The number of thiazole rings is 1. The van der Waals surface area contributed by atoms with Crippen molar-refractivity contribution < 1.29 is 38.1 Å². The van der Waals surface area contributed by atoms with Gasteiger partial charge in [0.05, 0.1) is 32.5 Å². The fourth-order valence-corrected chi connectivity index (χ4v) is 7.25. The van der Waals surface area contributed by atoms with Crippen molar-refractivity contribution in [1.29, 1.82) is 0 Å². The molecule has 3 N–H and O–H groups in total. The molecule has 13 nitrogen and oxygen atoms in total. The Morgan fingerprint density at radius 3 is 2.43 bits per heavy atom. The van der Waals surface area contributed by atoms with Crippen LogP contribution in [-0.4, -0.2) is 109 Å². The number of ether oxygens (including phenoxy) is 4. The van der Waals surface area contributed by atoms with Crippen LogP contribution in [0.15, 0.2) is 29.6 Å². The molecule has 3 amide bonds. The van der Waals surface area contributed by atoms with Crippen molar-refractivity contribution in [3.63, 3.8) is 0 Å². The SMILES string of the molecule is CC(C(=O)N[C@H](C(=O)N1CCC[C@H]1c1nc(C(=O)c2cccc(OCCOCCOCCN)c2)cs1)C1CCCCC1)N(C)C(=O)OC(C)(C)C. The number of rotatable bonds is 17. The van der Waals surface area contributed by atoms with Crippen molar-refractivity contribution >= 4 is 35.0 Å². The summed E-state index contributed by atoms with van der Waals surface area (Å²) in [6.45, 7) is 10.1. The quantitative estimate of drug-likeness (QED) is 0.172. The molecule has 0 spiro atoms. The number of hydrogen-bond donors (Lipinski definition) is 2. The second kappa shape index (κ2) is 19.3. The van der Waals surface area contributed by atoms with Crippen molar-refractivity contribution in [2.24, 2.45) is 11.7 Å². The standard InChI is InChI=1S/C37H55N5O8S/c1-25(41(5)36(46)50-37(2,3)4)33(44)40-31(26-11-7-6-8-12-26)35(45)42-17-10-15-30(42)34-39-29(24-51-34)32(43)27-13-9-14-28(23-27)49-22-21-48-20-19-47-18-16-38/h9,13-14,23-26,30-31H,6-8,10-12,15-22,38H2,1-5H3,(H,40,44)/t25?,30-,31-/m0/s1. The van der Waals surface area contributed by atoms with Gasteiger partial charge in [-0.25, -0.2) is 9.78 Å². The zero-order valence-corrected chi connectivity index (χ0v) is 31.5. The lowest BCUT2D eigenvalue weighted by Crippen LogP contribution is -2.56. The Hall–Kier alpha value is -3.59. The zero-order valence-electron chi connectivity index (χ0n) is 30.7. The van der Waals surface area contributed by atoms with Crippen LogP contribution < -0.4 is 15.8 Å². The number of hydrogen-bond acceptors (Lipinski definition) is 11. The number of nitrogens with one attached hydrogen (secondary N) is 1. The Kier molecular flexibility index (Phi) is 15.2. The van der Waals surface area contributed by atoms with Crippen LogP contribution in [0.4, 0.5) is 4.79 Å². The third kappa shape index (κ3) is 11.7. The maximum absolute atomic E-state index is 14.3. The normalized spacial score (nSPS) is 17.8. The predicted molar refractivity (Wildman–Crippen MR) is 194 cm³/mol. The minimum Gasteiger partial charge on any atom is -0.491 e. The third-order valence-corrected chi connectivity index (χ3v) is 10.1. The van der Waals surface area contributed by atoms with Crippen LogP contribution in [0.5, 0.6) is 5.75 Å². The van der Waals surface area contributed by atoms with Gasteiger partial charge in [0.2, 0.25) is 17.6 Å². The molecule has 1 aliphatic carbocycles. The fourth-order valence-electron chi connectivity index (χ4n) is 6.30. The highest BCUT2D eigenvalue weighted by Gasteiger charge is 2.41. The molecule has 1 unspecified atom stereocenters. The lowest BCUT2D eigenvalue weighted by molar-refractivity contribution is -0.140. The molecule has 282 valence electrons. The van der Waals surface area contributed by atoms with Crippen molar-refractivity contribution in [2.45, 2.75) is 96.4 Å². The van der Waals surface area contributed by atoms with Gasteiger partial charge in [0, 0.05) is 31.1 Å². The number of benzene rings is 1. The Morgan fingerprint density at radius 1 is 1.02 bits per heavy atom. The molecule has 4 rings (SSSR count). The lowest BCUT2D eigenvalue weighted by Gasteiger charge is -2.36. The van der Waals surface area contributed by atoms with Gasteiger partial charge in [-0.05, 0) is 71.4 Å². The van der Waals surface area contributed by atoms with E-state index in [1.807, 2.05) is 4.90 Å². The molecule has 1 saturated carbocycles. The van der Waals surface area contributed by atoms with E-state index in [1.165, 1.54) is 23.3 Å². The Balaban J connectivity index is 1.41. The van der Waals surface area contributed by atoms with Crippen LogP contribution >= 0.6 is 11.3 Å². The van der Waals surface area contributed by atoms with Crippen LogP contribution in [0, 0.1) is 5.92 Å². The minimum absolute atomic E-state index is 0.0136. The first kappa shape index (κ1) is 40.2. The molecule has 0 bridgehead atoms. The van der Waals surface area contributed by atoms with Gasteiger partial charge in [-0.2, -0.15) is 0 Å². The van der Waals surface area contributed by atoms with E-state index in [4.69, 9.17) is 29.7 Å². The molecule has 1 aromatic heterocycles. The zero-order chi connectivity index (χ0) is 37.0. The van der Waals surface area contributed by atoms with Gasteiger partial charge >= 0.3 is 6.09 Å². The predicted octanol–water partition coefficient (Wildman–Crippen LogP) is 4.73. The highest BCUT2D eigenvalue weighted by atomic mass is 32.1. The first-order chi connectivity index (χ1) is 24.4. The maximum Gasteiger partial charge on any atom is 0.410 e. The Labute approximate surface area is 305 Å². The highest BCUT2D eigenvalue weighted by molar-refractivity contribution is 7.10. The molecule has 1 saturated heterocycles. The fraction of sp³-hybridized carbons (Fsp3) is 0.649. The van der Waals surface area contributed by atoms with Gasteiger partial charge in [0.1, 0.15) is 40.7 Å². The van der Waals surface area contributed by atoms with Crippen LogP contribution in [0.1, 0.15) is 99.7 Å². The summed E-state index contributed by atoms with van der Waals surface area (Å²) in [6, 6.07) is 5.09. The number of likely N-dealkylation sites (N-methyl/N-ethyl adjacent to an activating group) is 1. The van der Waals surface area contributed by atoms with Crippen LogP contribution in [0.25, 0.3) is 0 Å². The van der Waals surface area contributed by atoms with E-state index in [0.29, 0.717) is 74.6 Å². The molecule has 51 heavy (non-hydrogen) atoms. The average molecular weight is 730 g/mol.